The van der Waals surface area contributed by atoms with Crippen LogP contribution in [-0.2, 0) is 22.9 Å². The van der Waals surface area contributed by atoms with Gasteiger partial charge in [0.1, 0.15) is 5.54 Å². The molecule has 3 aromatic rings. The molecular weight excluding hydrogens is 469 g/mol. The molecule has 1 amide bonds. The lowest BCUT2D eigenvalue weighted by Crippen LogP contribution is -2.50. The van der Waals surface area contributed by atoms with Crippen LogP contribution in [0.25, 0.3) is 0 Å². The predicted octanol–water partition coefficient (Wildman–Crippen LogP) is 6.12. The summed E-state index contributed by atoms with van der Waals surface area (Å²) in [6.07, 6.45) is -2.70. The van der Waals surface area contributed by atoms with Crippen LogP contribution < -0.4 is 5.32 Å². The number of halogens is 4. The van der Waals surface area contributed by atoms with Crippen LogP contribution in [0.3, 0.4) is 0 Å². The number of carbonyl (C=O) groups excluding carboxylic acids is 1. The molecule has 162 valence electrons. The molecule has 0 saturated heterocycles. The summed E-state index contributed by atoms with van der Waals surface area (Å²) in [5.41, 5.74) is -0.445. The van der Waals surface area contributed by atoms with E-state index in [1.165, 1.54) is 6.07 Å². The van der Waals surface area contributed by atoms with Crippen molar-refractivity contribution in [2.45, 2.75) is 32.0 Å². The molecule has 1 unspecified atom stereocenters. The molecule has 1 atom stereocenters. The first-order valence-electron chi connectivity index (χ1n) is 9.77. The quantitative estimate of drug-likeness (QED) is 0.452. The normalized spacial score (nSPS) is 13.6. The van der Waals surface area contributed by atoms with Gasteiger partial charge in [-0.1, -0.05) is 56.3 Å². The minimum absolute atomic E-state index is 0.238. The largest absolute Gasteiger partial charge is 0.416 e. The molecule has 7 heteroatoms. The number of pyridine rings is 1. The molecule has 1 aromatic heterocycles. The molecule has 1 heterocycles. The molecule has 0 aliphatic carbocycles. The third-order valence-electron chi connectivity index (χ3n) is 5.02. The van der Waals surface area contributed by atoms with E-state index in [0.29, 0.717) is 11.3 Å². The number of carbonyl (C=O) groups is 1. The summed E-state index contributed by atoms with van der Waals surface area (Å²) in [5, 5.41) is 3.03. The Bertz CT molecular complexity index is 1040. The SMILES string of the molecule is CC(C)C(=O)NC(Cc1ccccc1)(c1cccc(C(F)(F)F)c1)c1ccc(Br)cn1. The van der Waals surface area contributed by atoms with E-state index in [4.69, 9.17) is 0 Å². The van der Waals surface area contributed by atoms with Crippen molar-refractivity contribution in [3.63, 3.8) is 0 Å². The molecule has 0 radical (unpaired) electrons. The van der Waals surface area contributed by atoms with Gasteiger partial charge in [0, 0.05) is 23.0 Å². The zero-order valence-electron chi connectivity index (χ0n) is 17.1. The highest BCUT2D eigenvalue weighted by atomic mass is 79.9. The van der Waals surface area contributed by atoms with Crippen molar-refractivity contribution >= 4 is 21.8 Å². The lowest BCUT2D eigenvalue weighted by Gasteiger charge is -2.36. The highest BCUT2D eigenvalue weighted by Gasteiger charge is 2.40. The van der Waals surface area contributed by atoms with Crippen molar-refractivity contribution in [2.75, 3.05) is 0 Å². The average Bonchev–Trinajstić information content (AvgIpc) is 2.74. The van der Waals surface area contributed by atoms with Gasteiger partial charge in [-0.25, -0.2) is 0 Å². The zero-order chi connectivity index (χ0) is 22.6. The van der Waals surface area contributed by atoms with Gasteiger partial charge in [-0.05, 0) is 51.3 Å². The Labute approximate surface area is 187 Å². The minimum atomic E-state index is -4.51. The van der Waals surface area contributed by atoms with Crippen molar-refractivity contribution < 1.29 is 18.0 Å². The maximum Gasteiger partial charge on any atom is 0.416 e. The number of amides is 1. The molecule has 2 aromatic carbocycles. The Hall–Kier alpha value is -2.67. The molecular formula is C24H22BrF3N2O. The third-order valence-corrected chi connectivity index (χ3v) is 5.49. The Morgan fingerprint density at radius 2 is 1.68 bits per heavy atom. The number of nitrogens with one attached hydrogen (secondary N) is 1. The lowest BCUT2D eigenvalue weighted by molar-refractivity contribution is -0.137. The van der Waals surface area contributed by atoms with E-state index in [1.807, 2.05) is 30.3 Å². The van der Waals surface area contributed by atoms with Crippen LogP contribution in [0, 0.1) is 5.92 Å². The van der Waals surface area contributed by atoms with Crippen molar-refractivity contribution in [2.24, 2.45) is 5.92 Å². The zero-order valence-corrected chi connectivity index (χ0v) is 18.7. The van der Waals surface area contributed by atoms with E-state index in [0.717, 1.165) is 22.2 Å². The van der Waals surface area contributed by atoms with E-state index in [1.54, 1.807) is 38.2 Å². The van der Waals surface area contributed by atoms with Crippen LogP contribution in [0.5, 0.6) is 0 Å². The van der Waals surface area contributed by atoms with Gasteiger partial charge in [0.15, 0.2) is 0 Å². The van der Waals surface area contributed by atoms with E-state index in [9.17, 15) is 18.0 Å². The number of hydrogen-bond acceptors (Lipinski definition) is 2. The van der Waals surface area contributed by atoms with E-state index in [-0.39, 0.29) is 18.2 Å². The molecule has 1 N–H and O–H groups in total. The third kappa shape index (κ3) is 5.34. The van der Waals surface area contributed by atoms with Crippen LogP contribution in [0.2, 0.25) is 0 Å². The van der Waals surface area contributed by atoms with Gasteiger partial charge in [0.2, 0.25) is 5.91 Å². The molecule has 3 rings (SSSR count). The van der Waals surface area contributed by atoms with E-state index < -0.39 is 17.3 Å². The Balaban J connectivity index is 2.27. The highest BCUT2D eigenvalue weighted by Crippen LogP contribution is 2.37. The minimum Gasteiger partial charge on any atom is -0.340 e. The lowest BCUT2D eigenvalue weighted by atomic mass is 9.79. The second kappa shape index (κ2) is 9.22. The van der Waals surface area contributed by atoms with Gasteiger partial charge in [0.25, 0.3) is 0 Å². The molecule has 0 spiro atoms. The molecule has 0 aliphatic rings. The number of aromatic nitrogens is 1. The first-order chi connectivity index (χ1) is 14.6. The molecule has 0 fully saturated rings. The van der Waals surface area contributed by atoms with Crippen molar-refractivity contribution in [1.29, 1.82) is 0 Å². The first kappa shape index (κ1) is 23.0. The van der Waals surface area contributed by atoms with Gasteiger partial charge in [0.05, 0.1) is 11.3 Å². The number of rotatable bonds is 6. The van der Waals surface area contributed by atoms with E-state index >= 15 is 0 Å². The van der Waals surface area contributed by atoms with Crippen molar-refractivity contribution in [3.8, 4) is 0 Å². The fraction of sp³-hybridized carbons (Fsp3) is 0.250. The standard InChI is InChI=1S/C24H22BrF3N2O/c1-16(2)22(31)30-23(14-17-7-4-3-5-8-17,21-12-11-20(25)15-29-21)18-9-6-10-19(13-18)24(26,27)28/h3-13,15-16H,14H2,1-2H3,(H,30,31). The summed E-state index contributed by atoms with van der Waals surface area (Å²) >= 11 is 3.35. The summed E-state index contributed by atoms with van der Waals surface area (Å²) in [6.45, 7) is 3.48. The molecule has 0 aliphatic heterocycles. The summed E-state index contributed by atoms with van der Waals surface area (Å²) in [5.74, 6) is -0.644. The number of hydrogen-bond donors (Lipinski definition) is 1. The first-order valence-corrected chi connectivity index (χ1v) is 10.6. The number of nitrogens with zero attached hydrogens (tertiary/aromatic N) is 1. The fourth-order valence-electron chi connectivity index (χ4n) is 3.37. The summed E-state index contributed by atoms with van der Waals surface area (Å²) < 4.78 is 41.3. The molecule has 3 nitrogen and oxygen atoms in total. The maximum atomic E-state index is 13.5. The average molecular weight is 491 g/mol. The summed E-state index contributed by atoms with van der Waals surface area (Å²) in [7, 11) is 0. The van der Waals surface area contributed by atoms with Crippen LogP contribution in [0.1, 0.15) is 36.2 Å². The van der Waals surface area contributed by atoms with Gasteiger partial charge in [-0.3, -0.25) is 9.78 Å². The smallest absolute Gasteiger partial charge is 0.340 e. The van der Waals surface area contributed by atoms with E-state index in [2.05, 4.69) is 26.2 Å². The Morgan fingerprint density at radius 3 is 2.26 bits per heavy atom. The van der Waals surface area contributed by atoms with Crippen molar-refractivity contribution in [1.82, 2.24) is 10.3 Å². The Morgan fingerprint density at radius 1 is 1.00 bits per heavy atom. The molecule has 0 bridgehead atoms. The monoisotopic (exact) mass is 490 g/mol. The maximum absolute atomic E-state index is 13.5. The van der Waals surface area contributed by atoms with Crippen molar-refractivity contribution in [3.05, 3.63) is 99.8 Å². The van der Waals surface area contributed by atoms with Gasteiger partial charge < -0.3 is 5.32 Å². The second-order valence-electron chi connectivity index (χ2n) is 7.65. The topological polar surface area (TPSA) is 42.0 Å². The van der Waals surface area contributed by atoms with Gasteiger partial charge in [-0.2, -0.15) is 13.2 Å². The molecule has 0 saturated carbocycles. The van der Waals surface area contributed by atoms with Crippen LogP contribution >= 0.6 is 15.9 Å². The highest BCUT2D eigenvalue weighted by molar-refractivity contribution is 9.10. The van der Waals surface area contributed by atoms with Crippen LogP contribution in [0.4, 0.5) is 13.2 Å². The van der Waals surface area contributed by atoms with Crippen LogP contribution in [0.15, 0.2) is 77.4 Å². The van der Waals surface area contributed by atoms with Crippen LogP contribution in [-0.4, -0.2) is 10.9 Å². The Kier molecular flexibility index (Phi) is 6.84. The molecule has 31 heavy (non-hydrogen) atoms. The predicted molar refractivity (Wildman–Crippen MR) is 117 cm³/mol. The fourth-order valence-corrected chi connectivity index (χ4v) is 3.60. The number of alkyl halides is 3. The summed E-state index contributed by atoms with van der Waals surface area (Å²) in [6, 6.07) is 17.9. The number of benzene rings is 2. The van der Waals surface area contributed by atoms with Gasteiger partial charge in [-0.15, -0.1) is 0 Å². The van der Waals surface area contributed by atoms with Gasteiger partial charge >= 0.3 is 6.18 Å². The second-order valence-corrected chi connectivity index (χ2v) is 8.57. The summed E-state index contributed by atoms with van der Waals surface area (Å²) in [4.78, 5) is 17.4.